The van der Waals surface area contributed by atoms with Crippen molar-refractivity contribution in [3.05, 3.63) is 18.2 Å². The van der Waals surface area contributed by atoms with E-state index >= 15 is 0 Å². The predicted octanol–water partition coefficient (Wildman–Crippen LogP) is 2.20. The van der Waals surface area contributed by atoms with Crippen molar-refractivity contribution in [1.82, 2.24) is 9.97 Å². The Morgan fingerprint density at radius 2 is 2.12 bits per heavy atom. The van der Waals surface area contributed by atoms with Crippen molar-refractivity contribution in [3.8, 4) is 0 Å². The van der Waals surface area contributed by atoms with Gasteiger partial charge in [-0.2, -0.15) is 0 Å². The van der Waals surface area contributed by atoms with Crippen molar-refractivity contribution in [2.45, 2.75) is 36.1 Å². The molecule has 90 valence electrons. The number of fused-ring (bicyclic) bond motifs is 1. The van der Waals surface area contributed by atoms with Crippen molar-refractivity contribution in [1.29, 1.82) is 0 Å². The summed E-state index contributed by atoms with van der Waals surface area (Å²) in [6, 6.07) is 5.50. The SMILES string of the molecule is Nc1ccc2nc(S(=O)C3CCCC3)[nH]c2c1. The van der Waals surface area contributed by atoms with Crippen LogP contribution in [0.15, 0.2) is 23.4 Å². The molecule has 3 N–H and O–H groups in total. The number of nitrogens with two attached hydrogens (primary N) is 1. The number of anilines is 1. The fourth-order valence-corrected chi connectivity index (χ4v) is 3.84. The molecule has 0 aliphatic heterocycles. The Morgan fingerprint density at radius 3 is 2.88 bits per heavy atom. The minimum Gasteiger partial charge on any atom is -0.399 e. The second-order valence-corrected chi connectivity index (χ2v) is 6.17. The highest BCUT2D eigenvalue weighted by atomic mass is 32.2. The van der Waals surface area contributed by atoms with Crippen molar-refractivity contribution in [3.63, 3.8) is 0 Å². The van der Waals surface area contributed by atoms with Crippen LogP contribution in [0.4, 0.5) is 5.69 Å². The van der Waals surface area contributed by atoms with Crippen molar-refractivity contribution >= 4 is 27.5 Å². The van der Waals surface area contributed by atoms with Crippen molar-refractivity contribution in [2.75, 3.05) is 5.73 Å². The summed E-state index contributed by atoms with van der Waals surface area (Å²) in [5, 5.41) is 0.866. The Hall–Kier alpha value is -1.36. The van der Waals surface area contributed by atoms with Gasteiger partial charge in [0, 0.05) is 10.9 Å². The Bertz CT molecular complexity index is 572. The number of nitrogen functional groups attached to an aromatic ring is 1. The van der Waals surface area contributed by atoms with Gasteiger partial charge in [0.25, 0.3) is 0 Å². The van der Waals surface area contributed by atoms with Crippen LogP contribution in [0.1, 0.15) is 25.7 Å². The van der Waals surface area contributed by atoms with Gasteiger partial charge in [0.1, 0.15) is 0 Å². The van der Waals surface area contributed by atoms with Gasteiger partial charge in [-0.15, -0.1) is 0 Å². The summed E-state index contributed by atoms with van der Waals surface area (Å²) in [4.78, 5) is 7.51. The zero-order valence-corrected chi connectivity index (χ0v) is 10.3. The van der Waals surface area contributed by atoms with Gasteiger partial charge in [0.05, 0.1) is 21.8 Å². The molecule has 1 heterocycles. The fourth-order valence-electron chi connectivity index (χ4n) is 2.36. The molecule has 1 fully saturated rings. The maximum absolute atomic E-state index is 12.3. The van der Waals surface area contributed by atoms with Crippen LogP contribution in [0.3, 0.4) is 0 Å². The number of imidazole rings is 1. The second kappa shape index (κ2) is 4.14. The van der Waals surface area contributed by atoms with Crippen LogP contribution in [-0.2, 0) is 10.8 Å². The highest BCUT2D eigenvalue weighted by Crippen LogP contribution is 2.26. The molecule has 0 bridgehead atoms. The molecule has 4 nitrogen and oxygen atoms in total. The van der Waals surface area contributed by atoms with Crippen LogP contribution in [0.25, 0.3) is 11.0 Å². The van der Waals surface area contributed by atoms with E-state index in [0.717, 1.165) is 23.9 Å². The first-order chi connectivity index (χ1) is 8.24. The summed E-state index contributed by atoms with van der Waals surface area (Å²) in [7, 11) is -1.01. The number of rotatable bonds is 2. The molecule has 17 heavy (non-hydrogen) atoms. The number of nitrogens with zero attached hydrogens (tertiary/aromatic N) is 1. The summed E-state index contributed by atoms with van der Waals surface area (Å²) in [5.74, 6) is 0. The minimum absolute atomic E-state index is 0.271. The van der Waals surface area contributed by atoms with Crippen LogP contribution in [-0.4, -0.2) is 19.4 Å². The van der Waals surface area contributed by atoms with Gasteiger partial charge in [-0.05, 0) is 31.0 Å². The van der Waals surface area contributed by atoms with E-state index in [1.807, 2.05) is 18.2 Å². The molecule has 0 radical (unpaired) electrons. The van der Waals surface area contributed by atoms with Crippen LogP contribution in [0.5, 0.6) is 0 Å². The standard InChI is InChI=1S/C12H15N3OS/c13-8-5-6-10-11(7-8)15-12(14-10)17(16)9-3-1-2-4-9/h5-7,9H,1-4,13H2,(H,14,15). The number of aromatic amines is 1. The van der Waals surface area contributed by atoms with Gasteiger partial charge in [-0.3, -0.25) is 4.21 Å². The van der Waals surface area contributed by atoms with Crippen LogP contribution in [0, 0.1) is 0 Å². The third-order valence-corrected chi connectivity index (χ3v) is 4.93. The maximum Gasteiger partial charge on any atom is 0.197 e. The first-order valence-corrected chi connectivity index (χ1v) is 7.11. The summed E-state index contributed by atoms with van der Waals surface area (Å²) in [5.41, 5.74) is 8.10. The molecule has 5 heteroatoms. The summed E-state index contributed by atoms with van der Waals surface area (Å²) < 4.78 is 12.3. The highest BCUT2D eigenvalue weighted by molar-refractivity contribution is 7.85. The quantitative estimate of drug-likeness (QED) is 0.801. The Morgan fingerprint density at radius 1 is 1.35 bits per heavy atom. The van der Waals surface area contributed by atoms with Gasteiger partial charge in [0.2, 0.25) is 0 Å². The molecular formula is C12H15N3OS. The fraction of sp³-hybridized carbons (Fsp3) is 0.417. The summed E-state index contributed by atoms with van der Waals surface area (Å²) in [6.45, 7) is 0. The van der Waals surface area contributed by atoms with E-state index in [-0.39, 0.29) is 5.25 Å². The number of aromatic nitrogens is 2. The lowest BCUT2D eigenvalue weighted by Gasteiger charge is -2.04. The van der Waals surface area contributed by atoms with Crippen LogP contribution < -0.4 is 5.73 Å². The number of hydrogen-bond acceptors (Lipinski definition) is 3. The molecule has 1 aromatic carbocycles. The average Bonchev–Trinajstić information content (AvgIpc) is 2.96. The Balaban J connectivity index is 1.97. The lowest BCUT2D eigenvalue weighted by atomic mass is 10.3. The van der Waals surface area contributed by atoms with E-state index in [1.165, 1.54) is 12.8 Å². The molecule has 0 amide bonds. The van der Waals surface area contributed by atoms with Crippen molar-refractivity contribution < 1.29 is 4.21 Å². The number of benzene rings is 1. The van der Waals surface area contributed by atoms with E-state index in [9.17, 15) is 4.21 Å². The van der Waals surface area contributed by atoms with Gasteiger partial charge in [-0.25, -0.2) is 4.98 Å². The largest absolute Gasteiger partial charge is 0.399 e. The molecule has 1 saturated carbocycles. The molecular weight excluding hydrogens is 234 g/mol. The van der Waals surface area contributed by atoms with E-state index in [2.05, 4.69) is 9.97 Å². The first kappa shape index (κ1) is 10.8. The first-order valence-electron chi connectivity index (χ1n) is 5.90. The molecule has 2 aromatic rings. The zero-order valence-electron chi connectivity index (χ0n) is 9.48. The second-order valence-electron chi connectivity index (χ2n) is 4.52. The zero-order chi connectivity index (χ0) is 11.8. The number of nitrogens with one attached hydrogen (secondary N) is 1. The maximum atomic E-state index is 12.3. The van der Waals surface area contributed by atoms with E-state index < -0.39 is 10.8 Å². The third kappa shape index (κ3) is 1.95. The predicted molar refractivity (Wildman–Crippen MR) is 69.2 cm³/mol. The molecule has 0 saturated heterocycles. The number of H-pyrrole nitrogens is 1. The Labute approximate surface area is 102 Å². The molecule has 1 atom stereocenters. The van der Waals surface area contributed by atoms with Gasteiger partial charge >= 0.3 is 0 Å². The summed E-state index contributed by atoms with van der Waals surface area (Å²) in [6.07, 6.45) is 4.46. The smallest absolute Gasteiger partial charge is 0.197 e. The average molecular weight is 249 g/mol. The lowest BCUT2D eigenvalue weighted by Crippen LogP contribution is -2.11. The summed E-state index contributed by atoms with van der Waals surface area (Å²) >= 11 is 0. The topological polar surface area (TPSA) is 71.8 Å². The van der Waals surface area contributed by atoms with E-state index in [4.69, 9.17) is 5.73 Å². The van der Waals surface area contributed by atoms with E-state index in [1.54, 1.807) is 0 Å². The van der Waals surface area contributed by atoms with Crippen molar-refractivity contribution in [2.24, 2.45) is 0 Å². The third-order valence-electron chi connectivity index (χ3n) is 3.28. The van der Waals surface area contributed by atoms with E-state index in [0.29, 0.717) is 10.8 Å². The molecule has 3 rings (SSSR count). The molecule has 0 spiro atoms. The molecule has 1 unspecified atom stereocenters. The normalized spacial score (nSPS) is 18.8. The number of hydrogen-bond donors (Lipinski definition) is 2. The highest BCUT2D eigenvalue weighted by Gasteiger charge is 2.24. The molecule has 1 aliphatic rings. The van der Waals surface area contributed by atoms with Gasteiger partial charge in [-0.1, -0.05) is 12.8 Å². The van der Waals surface area contributed by atoms with Gasteiger partial charge in [0.15, 0.2) is 5.16 Å². The van der Waals surface area contributed by atoms with Gasteiger partial charge < -0.3 is 10.7 Å². The van der Waals surface area contributed by atoms with Crippen LogP contribution in [0.2, 0.25) is 0 Å². The Kier molecular flexibility index (Phi) is 2.63. The minimum atomic E-state index is -1.01. The molecule has 1 aromatic heterocycles. The van der Waals surface area contributed by atoms with Crippen LogP contribution >= 0.6 is 0 Å². The monoisotopic (exact) mass is 249 g/mol. The molecule has 1 aliphatic carbocycles. The lowest BCUT2D eigenvalue weighted by molar-refractivity contribution is 0.663.